The van der Waals surface area contributed by atoms with E-state index in [0.29, 0.717) is 5.88 Å². The van der Waals surface area contributed by atoms with E-state index in [2.05, 4.69) is 9.97 Å². The van der Waals surface area contributed by atoms with Crippen molar-refractivity contribution < 1.29 is 9.13 Å². The first-order valence-corrected chi connectivity index (χ1v) is 6.91. The number of halogens is 1. The summed E-state index contributed by atoms with van der Waals surface area (Å²) >= 11 is 0. The molecule has 3 aromatic rings. The van der Waals surface area contributed by atoms with Crippen molar-refractivity contribution in [2.45, 2.75) is 13.8 Å². The highest BCUT2D eigenvalue weighted by Crippen LogP contribution is 2.28. The molecule has 0 saturated heterocycles. The van der Waals surface area contributed by atoms with E-state index in [1.807, 2.05) is 36.7 Å². The van der Waals surface area contributed by atoms with Crippen LogP contribution in [0, 0.1) is 19.7 Å². The highest BCUT2D eigenvalue weighted by molar-refractivity contribution is 5.65. The summed E-state index contributed by atoms with van der Waals surface area (Å²) in [5.74, 6) is 0.248. The molecule has 0 spiro atoms. The largest absolute Gasteiger partial charge is 0.479 e. The van der Waals surface area contributed by atoms with Crippen LogP contribution >= 0.6 is 0 Å². The lowest BCUT2D eigenvalue weighted by Crippen LogP contribution is -1.99. The summed E-state index contributed by atoms with van der Waals surface area (Å²) in [6, 6.07) is 8.48. The van der Waals surface area contributed by atoms with Gasteiger partial charge in [-0.1, -0.05) is 0 Å². The fraction of sp³-hybridized carbons (Fsp3) is 0.176. The van der Waals surface area contributed by atoms with E-state index >= 15 is 0 Å². The third-order valence-corrected chi connectivity index (χ3v) is 3.49. The normalized spacial score (nSPS) is 10.7. The average Bonchev–Trinajstić information content (AvgIpc) is 2.93. The van der Waals surface area contributed by atoms with Gasteiger partial charge in [0.15, 0.2) is 0 Å². The molecule has 0 radical (unpaired) electrons. The van der Waals surface area contributed by atoms with Gasteiger partial charge >= 0.3 is 0 Å². The van der Waals surface area contributed by atoms with Gasteiger partial charge in [-0.3, -0.25) is 0 Å². The Balaban J connectivity index is 2.09. The van der Waals surface area contributed by atoms with Crippen LogP contribution in [0.15, 0.2) is 42.9 Å². The minimum atomic E-state index is -0.251. The second-order valence-corrected chi connectivity index (χ2v) is 5.11. The fourth-order valence-electron chi connectivity index (χ4n) is 2.40. The molecule has 1 aromatic carbocycles. The van der Waals surface area contributed by atoms with Crippen molar-refractivity contribution in [3.63, 3.8) is 0 Å². The molecule has 0 unspecified atom stereocenters. The van der Waals surface area contributed by atoms with Crippen molar-refractivity contribution in [1.82, 2.24) is 14.5 Å². The minimum Gasteiger partial charge on any atom is -0.479 e. The zero-order chi connectivity index (χ0) is 15.7. The molecule has 2 heterocycles. The van der Waals surface area contributed by atoms with Crippen LogP contribution in [-0.2, 0) is 0 Å². The zero-order valence-corrected chi connectivity index (χ0v) is 12.7. The van der Waals surface area contributed by atoms with E-state index in [0.717, 1.165) is 28.2 Å². The predicted molar refractivity (Wildman–Crippen MR) is 82.8 cm³/mol. The van der Waals surface area contributed by atoms with Crippen LogP contribution in [0.2, 0.25) is 0 Å². The summed E-state index contributed by atoms with van der Waals surface area (Å²) in [5, 5.41) is 0. The Morgan fingerprint density at radius 3 is 2.59 bits per heavy atom. The number of benzene rings is 1. The van der Waals surface area contributed by atoms with Crippen LogP contribution in [0.5, 0.6) is 5.88 Å². The molecule has 2 aromatic heterocycles. The Hall–Kier alpha value is -2.69. The van der Waals surface area contributed by atoms with Gasteiger partial charge in [0.2, 0.25) is 5.88 Å². The lowest BCUT2D eigenvalue weighted by molar-refractivity contribution is 0.396. The predicted octanol–water partition coefficient (Wildman–Crippen LogP) is 3.70. The van der Waals surface area contributed by atoms with Crippen LogP contribution in [0.4, 0.5) is 4.39 Å². The zero-order valence-electron chi connectivity index (χ0n) is 12.7. The molecule has 0 N–H and O–H groups in total. The Morgan fingerprint density at radius 2 is 1.95 bits per heavy atom. The quantitative estimate of drug-likeness (QED) is 0.740. The molecule has 0 fully saturated rings. The first kappa shape index (κ1) is 14.3. The van der Waals surface area contributed by atoms with Gasteiger partial charge in [0.1, 0.15) is 11.5 Å². The molecule has 0 aliphatic rings. The van der Waals surface area contributed by atoms with E-state index in [-0.39, 0.29) is 5.82 Å². The van der Waals surface area contributed by atoms with Crippen molar-refractivity contribution in [2.75, 3.05) is 7.11 Å². The summed E-state index contributed by atoms with van der Waals surface area (Å²) in [7, 11) is 1.58. The van der Waals surface area contributed by atoms with Gasteiger partial charge in [0, 0.05) is 11.8 Å². The van der Waals surface area contributed by atoms with Gasteiger partial charge in [-0.2, -0.15) is 0 Å². The molecule has 3 rings (SSSR count). The number of nitrogens with zero attached hydrogens (tertiary/aromatic N) is 3. The molecule has 4 nitrogen and oxygen atoms in total. The SMILES string of the molecule is COc1nc(-c2ccc(F)cc2C)ccc1-n1cnc(C)c1. The van der Waals surface area contributed by atoms with E-state index < -0.39 is 0 Å². The monoisotopic (exact) mass is 297 g/mol. The summed E-state index contributed by atoms with van der Waals surface area (Å²) < 4.78 is 20.5. The molecule has 112 valence electrons. The second-order valence-electron chi connectivity index (χ2n) is 5.11. The van der Waals surface area contributed by atoms with Gasteiger partial charge in [-0.15, -0.1) is 0 Å². The average molecular weight is 297 g/mol. The summed E-state index contributed by atoms with van der Waals surface area (Å²) in [6.45, 7) is 3.78. The van der Waals surface area contributed by atoms with E-state index in [1.165, 1.54) is 12.1 Å². The number of imidazole rings is 1. The number of methoxy groups -OCH3 is 1. The third kappa shape index (κ3) is 2.57. The van der Waals surface area contributed by atoms with E-state index in [4.69, 9.17) is 4.74 Å². The smallest absolute Gasteiger partial charge is 0.238 e. The highest BCUT2D eigenvalue weighted by atomic mass is 19.1. The number of hydrogen-bond donors (Lipinski definition) is 0. The van der Waals surface area contributed by atoms with Gasteiger partial charge in [-0.25, -0.2) is 14.4 Å². The van der Waals surface area contributed by atoms with Gasteiger partial charge in [-0.05, 0) is 49.7 Å². The molecule has 0 bridgehead atoms. The standard InChI is InChI=1S/C17H16FN3O/c1-11-8-13(18)4-5-14(11)15-6-7-16(17(20-15)22-3)21-9-12(2)19-10-21/h4-10H,1-3H3. The second kappa shape index (κ2) is 5.60. The van der Waals surface area contributed by atoms with E-state index in [9.17, 15) is 4.39 Å². The Bertz CT molecular complexity index is 827. The number of ether oxygens (including phenoxy) is 1. The molecule has 5 heteroatoms. The van der Waals surface area contributed by atoms with Crippen LogP contribution < -0.4 is 4.74 Å². The van der Waals surface area contributed by atoms with Crippen molar-refractivity contribution in [3.05, 3.63) is 59.9 Å². The number of aryl methyl sites for hydroxylation is 2. The van der Waals surface area contributed by atoms with Crippen molar-refractivity contribution in [2.24, 2.45) is 0 Å². The minimum absolute atomic E-state index is 0.251. The first-order chi connectivity index (χ1) is 10.6. The van der Waals surface area contributed by atoms with Gasteiger partial charge in [0.25, 0.3) is 0 Å². The maximum Gasteiger partial charge on any atom is 0.238 e. The molecule has 0 amide bonds. The fourth-order valence-corrected chi connectivity index (χ4v) is 2.40. The molecule has 0 aliphatic heterocycles. The first-order valence-electron chi connectivity index (χ1n) is 6.91. The highest BCUT2D eigenvalue weighted by Gasteiger charge is 2.11. The maximum atomic E-state index is 13.2. The third-order valence-electron chi connectivity index (χ3n) is 3.49. The van der Waals surface area contributed by atoms with E-state index in [1.54, 1.807) is 19.5 Å². The van der Waals surface area contributed by atoms with Gasteiger partial charge in [0.05, 0.1) is 24.8 Å². The van der Waals surface area contributed by atoms with Crippen LogP contribution in [0.25, 0.3) is 16.9 Å². The van der Waals surface area contributed by atoms with Gasteiger partial charge < -0.3 is 9.30 Å². The summed E-state index contributed by atoms with van der Waals surface area (Å²) in [4.78, 5) is 8.76. The number of rotatable bonds is 3. The topological polar surface area (TPSA) is 39.9 Å². The van der Waals surface area contributed by atoms with Crippen molar-refractivity contribution in [3.8, 4) is 22.8 Å². The maximum absolute atomic E-state index is 13.2. The van der Waals surface area contributed by atoms with Crippen LogP contribution in [0.1, 0.15) is 11.3 Å². The molecular weight excluding hydrogens is 281 g/mol. The molecule has 0 aliphatic carbocycles. The lowest BCUT2D eigenvalue weighted by Gasteiger charge is -2.11. The molecule has 22 heavy (non-hydrogen) atoms. The van der Waals surface area contributed by atoms with Crippen molar-refractivity contribution in [1.29, 1.82) is 0 Å². The molecular formula is C17H16FN3O. The van der Waals surface area contributed by atoms with Crippen LogP contribution in [0.3, 0.4) is 0 Å². The number of hydrogen-bond acceptors (Lipinski definition) is 3. The Kier molecular flexibility index (Phi) is 3.63. The number of pyridine rings is 1. The van der Waals surface area contributed by atoms with Crippen molar-refractivity contribution >= 4 is 0 Å². The molecule has 0 atom stereocenters. The Morgan fingerprint density at radius 1 is 1.14 bits per heavy atom. The summed E-state index contributed by atoms with van der Waals surface area (Å²) in [6.07, 6.45) is 3.63. The lowest BCUT2D eigenvalue weighted by atomic mass is 10.0. The van der Waals surface area contributed by atoms with Crippen LogP contribution in [-0.4, -0.2) is 21.6 Å². The number of aromatic nitrogens is 3. The summed E-state index contributed by atoms with van der Waals surface area (Å²) in [5.41, 5.74) is 4.19. The Labute approximate surface area is 128 Å². The molecule has 0 saturated carbocycles.